The van der Waals surface area contributed by atoms with Crippen molar-refractivity contribution >= 4 is 5.97 Å². The second kappa shape index (κ2) is 3.66. The highest BCUT2D eigenvalue weighted by Crippen LogP contribution is 2.18. The molecule has 0 spiro atoms. The molecular formula is C10H15N3O2. The zero-order valence-electron chi connectivity index (χ0n) is 9.03. The number of imidazole rings is 1. The van der Waals surface area contributed by atoms with Crippen LogP contribution >= 0.6 is 0 Å². The Balaban J connectivity index is 2.32. The summed E-state index contributed by atoms with van der Waals surface area (Å²) in [5, 5.41) is 8.74. The number of fused-ring (bicyclic) bond motifs is 1. The third-order valence-corrected chi connectivity index (χ3v) is 2.85. The zero-order valence-corrected chi connectivity index (χ0v) is 9.03. The van der Waals surface area contributed by atoms with Gasteiger partial charge in [0.1, 0.15) is 12.2 Å². The molecule has 0 saturated carbocycles. The van der Waals surface area contributed by atoms with Crippen LogP contribution in [0.25, 0.3) is 0 Å². The van der Waals surface area contributed by atoms with Crippen LogP contribution in [0.1, 0.15) is 17.2 Å². The Hall–Kier alpha value is -1.36. The molecule has 0 fully saturated rings. The van der Waals surface area contributed by atoms with E-state index in [1.165, 1.54) is 0 Å². The molecule has 0 bridgehead atoms. The molecule has 0 atom stereocenters. The van der Waals surface area contributed by atoms with Gasteiger partial charge in [0, 0.05) is 26.6 Å². The molecular weight excluding hydrogens is 194 g/mol. The van der Waals surface area contributed by atoms with Crippen LogP contribution in [-0.2, 0) is 31.2 Å². The number of rotatable bonds is 2. The number of hydrogen-bond donors (Lipinski definition) is 1. The SMILES string of the molecule is CN1CCc2nc(CC(=O)O)n(C)c2C1. The molecule has 2 heterocycles. The number of likely N-dealkylation sites (N-methyl/N-ethyl adjacent to an activating group) is 1. The Morgan fingerprint density at radius 2 is 2.27 bits per heavy atom. The Bertz CT molecular complexity index is 398. The summed E-state index contributed by atoms with van der Waals surface area (Å²) in [6, 6.07) is 0. The van der Waals surface area contributed by atoms with Crippen LogP contribution in [0, 0.1) is 0 Å². The largest absolute Gasteiger partial charge is 0.481 e. The maximum Gasteiger partial charge on any atom is 0.311 e. The summed E-state index contributed by atoms with van der Waals surface area (Å²) in [4.78, 5) is 17.2. The predicted molar refractivity (Wildman–Crippen MR) is 54.6 cm³/mol. The van der Waals surface area contributed by atoms with Crippen molar-refractivity contribution in [3.05, 3.63) is 17.2 Å². The van der Waals surface area contributed by atoms with Gasteiger partial charge in [-0.3, -0.25) is 4.79 Å². The summed E-state index contributed by atoms with van der Waals surface area (Å²) in [6.45, 7) is 1.86. The maximum atomic E-state index is 10.6. The second-order valence-corrected chi connectivity index (χ2v) is 4.04. The Kier molecular flexibility index (Phi) is 2.48. The average molecular weight is 209 g/mol. The van der Waals surface area contributed by atoms with E-state index in [4.69, 9.17) is 5.11 Å². The quantitative estimate of drug-likeness (QED) is 0.747. The lowest BCUT2D eigenvalue weighted by molar-refractivity contribution is -0.136. The molecule has 0 amide bonds. The molecule has 0 unspecified atom stereocenters. The van der Waals surface area contributed by atoms with E-state index in [1.54, 1.807) is 0 Å². The van der Waals surface area contributed by atoms with Crippen molar-refractivity contribution in [1.82, 2.24) is 14.5 Å². The number of carbonyl (C=O) groups is 1. The third kappa shape index (κ3) is 1.87. The van der Waals surface area contributed by atoms with Crippen LogP contribution in [0.2, 0.25) is 0 Å². The fraction of sp³-hybridized carbons (Fsp3) is 0.600. The van der Waals surface area contributed by atoms with E-state index >= 15 is 0 Å². The first-order chi connectivity index (χ1) is 7.08. The van der Waals surface area contributed by atoms with Crippen molar-refractivity contribution in [2.24, 2.45) is 7.05 Å². The van der Waals surface area contributed by atoms with E-state index in [1.807, 2.05) is 11.6 Å². The van der Waals surface area contributed by atoms with Gasteiger partial charge in [0.15, 0.2) is 0 Å². The lowest BCUT2D eigenvalue weighted by Gasteiger charge is -2.22. The molecule has 0 radical (unpaired) electrons. The molecule has 5 nitrogen and oxygen atoms in total. The summed E-state index contributed by atoms with van der Waals surface area (Å²) < 4.78 is 1.92. The van der Waals surface area contributed by atoms with Crippen LogP contribution in [0.5, 0.6) is 0 Å². The lowest BCUT2D eigenvalue weighted by Crippen LogP contribution is -2.27. The molecule has 82 valence electrons. The molecule has 1 aliphatic heterocycles. The summed E-state index contributed by atoms with van der Waals surface area (Å²) in [7, 11) is 3.95. The molecule has 15 heavy (non-hydrogen) atoms. The molecule has 1 aromatic rings. The summed E-state index contributed by atoms with van der Waals surface area (Å²) >= 11 is 0. The second-order valence-electron chi connectivity index (χ2n) is 4.04. The standard InChI is InChI=1S/C10H15N3O2/c1-12-4-3-7-8(6-12)13(2)9(11-7)5-10(14)15/h3-6H2,1-2H3,(H,14,15). The molecule has 2 rings (SSSR count). The number of carboxylic acid groups (broad SMARTS) is 1. The predicted octanol–water partition coefficient (Wildman–Crippen LogP) is 0.0351. The minimum absolute atomic E-state index is 0.00716. The van der Waals surface area contributed by atoms with Crippen LogP contribution in [0.4, 0.5) is 0 Å². The first-order valence-electron chi connectivity index (χ1n) is 5.01. The van der Waals surface area contributed by atoms with E-state index in [0.29, 0.717) is 5.82 Å². The van der Waals surface area contributed by atoms with Gasteiger partial charge >= 0.3 is 5.97 Å². The van der Waals surface area contributed by atoms with E-state index in [2.05, 4.69) is 16.9 Å². The van der Waals surface area contributed by atoms with Gasteiger partial charge < -0.3 is 14.6 Å². The summed E-state index contributed by atoms with van der Waals surface area (Å²) in [5.74, 6) is -0.170. The Labute approximate surface area is 88.3 Å². The first kappa shape index (κ1) is 10.2. The highest BCUT2D eigenvalue weighted by molar-refractivity contribution is 5.69. The van der Waals surface area contributed by atoms with Crippen molar-refractivity contribution < 1.29 is 9.90 Å². The van der Waals surface area contributed by atoms with E-state index < -0.39 is 5.97 Å². The molecule has 5 heteroatoms. The van der Waals surface area contributed by atoms with Crippen LogP contribution in [-0.4, -0.2) is 39.1 Å². The topological polar surface area (TPSA) is 58.4 Å². The summed E-state index contributed by atoms with van der Waals surface area (Å²) in [5.41, 5.74) is 2.21. The molecule has 1 aliphatic rings. The van der Waals surface area contributed by atoms with Crippen molar-refractivity contribution in [2.45, 2.75) is 19.4 Å². The van der Waals surface area contributed by atoms with Crippen LogP contribution < -0.4 is 0 Å². The lowest BCUT2D eigenvalue weighted by atomic mass is 10.1. The van der Waals surface area contributed by atoms with Gasteiger partial charge in [-0.1, -0.05) is 0 Å². The highest BCUT2D eigenvalue weighted by Gasteiger charge is 2.21. The minimum atomic E-state index is -0.825. The van der Waals surface area contributed by atoms with Crippen molar-refractivity contribution in [2.75, 3.05) is 13.6 Å². The smallest absolute Gasteiger partial charge is 0.311 e. The normalized spacial score (nSPS) is 16.4. The highest BCUT2D eigenvalue weighted by atomic mass is 16.4. The van der Waals surface area contributed by atoms with Gasteiger partial charge in [0.05, 0.1) is 11.4 Å². The van der Waals surface area contributed by atoms with Gasteiger partial charge in [0.25, 0.3) is 0 Å². The number of hydrogen-bond acceptors (Lipinski definition) is 3. The van der Waals surface area contributed by atoms with E-state index in [9.17, 15) is 4.79 Å². The van der Waals surface area contributed by atoms with Gasteiger partial charge in [-0.25, -0.2) is 4.98 Å². The molecule has 1 N–H and O–H groups in total. The van der Waals surface area contributed by atoms with Gasteiger partial charge in [-0.05, 0) is 7.05 Å². The third-order valence-electron chi connectivity index (χ3n) is 2.85. The van der Waals surface area contributed by atoms with Gasteiger partial charge in [-0.15, -0.1) is 0 Å². The summed E-state index contributed by atoms with van der Waals surface area (Å²) in [6.07, 6.45) is 0.923. The van der Waals surface area contributed by atoms with Crippen molar-refractivity contribution in [1.29, 1.82) is 0 Å². The Morgan fingerprint density at radius 3 is 2.93 bits per heavy atom. The van der Waals surface area contributed by atoms with Crippen molar-refractivity contribution in [3.63, 3.8) is 0 Å². The average Bonchev–Trinajstić information content (AvgIpc) is 2.44. The van der Waals surface area contributed by atoms with Gasteiger partial charge in [-0.2, -0.15) is 0 Å². The molecule has 0 aromatic carbocycles. The molecule has 0 aliphatic carbocycles. The fourth-order valence-corrected chi connectivity index (χ4v) is 1.97. The maximum absolute atomic E-state index is 10.6. The van der Waals surface area contributed by atoms with Gasteiger partial charge in [0.2, 0.25) is 0 Å². The number of aromatic nitrogens is 2. The fourth-order valence-electron chi connectivity index (χ4n) is 1.97. The monoisotopic (exact) mass is 209 g/mol. The van der Waals surface area contributed by atoms with Crippen LogP contribution in [0.15, 0.2) is 0 Å². The zero-order chi connectivity index (χ0) is 11.0. The van der Waals surface area contributed by atoms with Crippen molar-refractivity contribution in [3.8, 4) is 0 Å². The van der Waals surface area contributed by atoms with E-state index in [-0.39, 0.29) is 6.42 Å². The first-order valence-corrected chi connectivity index (χ1v) is 5.01. The molecule has 1 aromatic heterocycles. The number of nitrogens with zero attached hydrogens (tertiary/aromatic N) is 3. The van der Waals surface area contributed by atoms with E-state index in [0.717, 1.165) is 30.9 Å². The van der Waals surface area contributed by atoms with Crippen LogP contribution in [0.3, 0.4) is 0 Å². The number of carboxylic acids is 1. The number of aliphatic carboxylic acids is 1. The minimum Gasteiger partial charge on any atom is -0.481 e. The molecule has 0 saturated heterocycles. The Morgan fingerprint density at radius 1 is 1.53 bits per heavy atom.